The molecule has 0 atom stereocenters. The molecule has 2 rings (SSSR count). The number of hydrogen-bond acceptors (Lipinski definition) is 3. The third kappa shape index (κ3) is 4.85. The van der Waals surface area contributed by atoms with Crippen molar-refractivity contribution in [2.45, 2.75) is 38.5 Å². The van der Waals surface area contributed by atoms with Crippen LogP contribution in [-0.2, 0) is 0 Å². The van der Waals surface area contributed by atoms with Gasteiger partial charge in [-0.1, -0.05) is 49.6 Å². The van der Waals surface area contributed by atoms with E-state index in [0.29, 0.717) is 12.0 Å². The number of aliphatic hydroxyl groups is 1. The van der Waals surface area contributed by atoms with Crippen LogP contribution < -0.4 is 10.1 Å². The fourth-order valence-electron chi connectivity index (χ4n) is 3.46. The largest absolute Gasteiger partial charge is 0.496 e. The number of para-hydroxylation sites is 1. The Morgan fingerprint density at radius 2 is 2.00 bits per heavy atom. The molecular formula is C19H29NO2. The van der Waals surface area contributed by atoms with E-state index >= 15 is 0 Å². The molecule has 22 heavy (non-hydrogen) atoms. The summed E-state index contributed by atoms with van der Waals surface area (Å²) in [5, 5.41) is 12.9. The first-order chi connectivity index (χ1) is 10.8. The van der Waals surface area contributed by atoms with Crippen molar-refractivity contribution >= 4 is 6.08 Å². The van der Waals surface area contributed by atoms with E-state index in [2.05, 4.69) is 23.5 Å². The fraction of sp³-hybridized carbons (Fsp3) is 0.579. The van der Waals surface area contributed by atoms with Gasteiger partial charge in [-0.3, -0.25) is 0 Å². The summed E-state index contributed by atoms with van der Waals surface area (Å²) in [6, 6.07) is 8.04. The highest BCUT2D eigenvalue weighted by atomic mass is 16.5. The summed E-state index contributed by atoms with van der Waals surface area (Å²) in [5.41, 5.74) is 1.42. The van der Waals surface area contributed by atoms with Gasteiger partial charge in [-0.05, 0) is 30.7 Å². The summed E-state index contributed by atoms with van der Waals surface area (Å²) in [4.78, 5) is 0. The molecule has 3 heteroatoms. The van der Waals surface area contributed by atoms with E-state index in [1.165, 1.54) is 32.1 Å². The van der Waals surface area contributed by atoms with Gasteiger partial charge in [0.05, 0.1) is 7.11 Å². The Kier molecular flexibility index (Phi) is 6.94. The first-order valence-electron chi connectivity index (χ1n) is 8.41. The second-order valence-corrected chi connectivity index (χ2v) is 6.31. The Morgan fingerprint density at radius 1 is 1.23 bits per heavy atom. The van der Waals surface area contributed by atoms with Crippen molar-refractivity contribution < 1.29 is 9.84 Å². The van der Waals surface area contributed by atoms with Crippen LogP contribution in [-0.4, -0.2) is 31.9 Å². The predicted octanol–water partition coefficient (Wildman–Crippen LogP) is 3.63. The minimum Gasteiger partial charge on any atom is -0.496 e. The van der Waals surface area contributed by atoms with Gasteiger partial charge in [0.15, 0.2) is 0 Å². The zero-order valence-electron chi connectivity index (χ0n) is 13.7. The zero-order chi connectivity index (χ0) is 15.7. The molecule has 0 aliphatic heterocycles. The van der Waals surface area contributed by atoms with Crippen LogP contribution in [0.3, 0.4) is 0 Å². The lowest BCUT2D eigenvalue weighted by Crippen LogP contribution is -2.37. The Labute approximate surface area is 134 Å². The molecule has 0 spiro atoms. The van der Waals surface area contributed by atoms with Gasteiger partial charge in [0.1, 0.15) is 5.75 Å². The van der Waals surface area contributed by atoms with Crippen LogP contribution in [0.4, 0.5) is 0 Å². The van der Waals surface area contributed by atoms with Crippen molar-refractivity contribution in [1.29, 1.82) is 0 Å². The lowest BCUT2D eigenvalue weighted by Gasteiger charge is -2.37. The maximum absolute atomic E-state index is 9.34. The molecule has 1 aliphatic rings. The quantitative estimate of drug-likeness (QED) is 0.721. The van der Waals surface area contributed by atoms with Crippen LogP contribution in [0, 0.1) is 5.41 Å². The van der Waals surface area contributed by atoms with E-state index in [0.717, 1.165) is 30.8 Å². The first kappa shape index (κ1) is 17.0. The second kappa shape index (κ2) is 8.96. The topological polar surface area (TPSA) is 41.5 Å². The van der Waals surface area contributed by atoms with E-state index in [1.54, 1.807) is 7.11 Å². The summed E-state index contributed by atoms with van der Waals surface area (Å²) in [6.07, 6.45) is 11.6. The number of hydrogen-bond donors (Lipinski definition) is 2. The molecule has 1 aromatic rings. The summed E-state index contributed by atoms with van der Waals surface area (Å²) in [7, 11) is 1.70. The summed E-state index contributed by atoms with van der Waals surface area (Å²) in [6.45, 7) is 2.16. The highest BCUT2D eigenvalue weighted by molar-refractivity contribution is 5.57. The Hall–Kier alpha value is -1.32. The molecule has 2 N–H and O–H groups in total. The highest BCUT2D eigenvalue weighted by Crippen LogP contribution is 2.38. The third-order valence-electron chi connectivity index (χ3n) is 4.75. The van der Waals surface area contributed by atoms with Crippen LogP contribution in [0.1, 0.15) is 44.1 Å². The van der Waals surface area contributed by atoms with Crippen LogP contribution in [0.15, 0.2) is 30.3 Å². The highest BCUT2D eigenvalue weighted by Gasteiger charge is 2.30. The number of nitrogens with one attached hydrogen (secondary N) is 1. The minimum absolute atomic E-state index is 0.304. The van der Waals surface area contributed by atoms with Gasteiger partial charge in [-0.25, -0.2) is 0 Å². The Morgan fingerprint density at radius 3 is 2.73 bits per heavy atom. The van der Waals surface area contributed by atoms with Gasteiger partial charge in [-0.15, -0.1) is 0 Å². The molecule has 0 aromatic heterocycles. The van der Waals surface area contributed by atoms with Gasteiger partial charge in [0.2, 0.25) is 0 Å². The molecular weight excluding hydrogens is 274 g/mol. The minimum atomic E-state index is 0.304. The van der Waals surface area contributed by atoms with Crippen molar-refractivity contribution in [3.63, 3.8) is 0 Å². The number of methoxy groups -OCH3 is 1. The van der Waals surface area contributed by atoms with Gasteiger partial charge in [0.25, 0.3) is 0 Å². The molecule has 1 aromatic carbocycles. The molecule has 0 amide bonds. The predicted molar refractivity (Wildman–Crippen MR) is 92.1 cm³/mol. The van der Waals surface area contributed by atoms with Gasteiger partial charge >= 0.3 is 0 Å². The number of benzene rings is 1. The monoisotopic (exact) mass is 303 g/mol. The van der Waals surface area contributed by atoms with Gasteiger partial charge in [0, 0.05) is 25.3 Å². The van der Waals surface area contributed by atoms with Crippen molar-refractivity contribution in [3.8, 4) is 5.75 Å². The molecule has 0 saturated heterocycles. The number of aliphatic hydroxyl groups excluding tert-OH is 1. The van der Waals surface area contributed by atoms with Crippen LogP contribution in [0.2, 0.25) is 0 Å². The van der Waals surface area contributed by atoms with Crippen LogP contribution in [0.5, 0.6) is 5.75 Å². The molecule has 0 unspecified atom stereocenters. The zero-order valence-corrected chi connectivity index (χ0v) is 13.7. The summed E-state index contributed by atoms with van der Waals surface area (Å²) >= 11 is 0. The van der Waals surface area contributed by atoms with Crippen molar-refractivity contribution in [3.05, 3.63) is 35.9 Å². The first-order valence-corrected chi connectivity index (χ1v) is 8.41. The van der Waals surface area contributed by atoms with Crippen molar-refractivity contribution in [1.82, 2.24) is 5.32 Å². The van der Waals surface area contributed by atoms with Crippen LogP contribution in [0.25, 0.3) is 6.08 Å². The van der Waals surface area contributed by atoms with Crippen molar-refractivity contribution in [2.24, 2.45) is 5.41 Å². The van der Waals surface area contributed by atoms with E-state index in [9.17, 15) is 5.11 Å². The summed E-state index contributed by atoms with van der Waals surface area (Å²) < 4.78 is 5.35. The lowest BCUT2D eigenvalue weighted by atomic mass is 9.72. The van der Waals surface area contributed by atoms with Crippen molar-refractivity contribution in [2.75, 3.05) is 26.8 Å². The third-order valence-corrected chi connectivity index (χ3v) is 4.75. The standard InChI is InChI=1S/C19H29NO2/c1-22-18-10-4-3-8-17(18)9-7-14-20-16-19(13-15-21)11-5-2-6-12-19/h3-4,7-10,20-21H,2,5-6,11-16H2,1H3/b9-7+. The van der Waals surface area contributed by atoms with E-state index < -0.39 is 0 Å². The molecule has 3 nitrogen and oxygen atoms in total. The SMILES string of the molecule is COc1ccccc1/C=C/CNCC1(CCO)CCCCC1. The molecule has 0 bridgehead atoms. The molecule has 0 radical (unpaired) electrons. The molecule has 1 fully saturated rings. The maximum atomic E-state index is 9.34. The van der Waals surface area contributed by atoms with Crippen LogP contribution >= 0.6 is 0 Å². The smallest absolute Gasteiger partial charge is 0.126 e. The molecule has 1 saturated carbocycles. The molecule has 0 heterocycles. The summed E-state index contributed by atoms with van der Waals surface area (Å²) in [5.74, 6) is 0.905. The Balaban J connectivity index is 1.81. The van der Waals surface area contributed by atoms with E-state index in [-0.39, 0.29) is 0 Å². The number of ether oxygens (including phenoxy) is 1. The maximum Gasteiger partial charge on any atom is 0.126 e. The Bertz CT molecular complexity index is 459. The lowest BCUT2D eigenvalue weighted by molar-refractivity contribution is 0.127. The van der Waals surface area contributed by atoms with Gasteiger partial charge in [-0.2, -0.15) is 0 Å². The number of rotatable bonds is 8. The molecule has 122 valence electrons. The normalized spacial score (nSPS) is 17.7. The molecule has 1 aliphatic carbocycles. The average Bonchev–Trinajstić information content (AvgIpc) is 2.56. The second-order valence-electron chi connectivity index (χ2n) is 6.31. The fourth-order valence-corrected chi connectivity index (χ4v) is 3.46. The average molecular weight is 303 g/mol. The van der Waals surface area contributed by atoms with Gasteiger partial charge < -0.3 is 15.2 Å². The van der Waals surface area contributed by atoms with E-state index in [4.69, 9.17) is 4.74 Å². The van der Waals surface area contributed by atoms with E-state index in [1.807, 2.05) is 18.2 Å².